The number of nitrogens with one attached hydrogen (secondary N) is 1. The Kier molecular flexibility index (Phi) is 6.73. The Bertz CT molecular complexity index is 807. The number of amides is 2. The van der Waals surface area contributed by atoms with Gasteiger partial charge in [0.2, 0.25) is 5.91 Å². The number of hydrogen-bond acceptors (Lipinski definition) is 4. The average molecular weight is 400 g/mol. The van der Waals surface area contributed by atoms with Crippen molar-refractivity contribution in [1.29, 1.82) is 0 Å². The number of benzene rings is 1. The topological polar surface area (TPSA) is 52.7 Å². The highest BCUT2D eigenvalue weighted by molar-refractivity contribution is 7.12. The Morgan fingerprint density at radius 3 is 2.46 bits per heavy atom. The molecule has 5 nitrogen and oxygen atoms in total. The Labute approximate surface area is 171 Å². The van der Waals surface area contributed by atoms with Crippen LogP contribution in [0.5, 0.6) is 0 Å². The highest BCUT2D eigenvalue weighted by atomic mass is 32.1. The number of carbonyl (C=O) groups excluding carboxylic acids is 2. The van der Waals surface area contributed by atoms with Crippen molar-refractivity contribution >= 4 is 34.5 Å². The van der Waals surface area contributed by atoms with Crippen molar-refractivity contribution in [3.05, 3.63) is 46.2 Å². The molecule has 1 aliphatic rings. The summed E-state index contributed by atoms with van der Waals surface area (Å²) in [6.45, 7) is 9.51. The molecule has 0 unspecified atom stereocenters. The summed E-state index contributed by atoms with van der Waals surface area (Å²) in [5.74, 6) is 0.0906. The van der Waals surface area contributed by atoms with E-state index in [1.165, 1.54) is 17.0 Å². The van der Waals surface area contributed by atoms with Crippen LogP contribution in [0.4, 0.5) is 11.4 Å². The van der Waals surface area contributed by atoms with Gasteiger partial charge in [-0.05, 0) is 68.8 Å². The molecule has 1 N–H and O–H groups in total. The first-order valence-corrected chi connectivity index (χ1v) is 10.9. The number of thiophene rings is 1. The molecule has 3 rings (SSSR count). The van der Waals surface area contributed by atoms with Crippen LogP contribution in [0.25, 0.3) is 0 Å². The van der Waals surface area contributed by atoms with Crippen molar-refractivity contribution in [1.82, 2.24) is 4.90 Å². The summed E-state index contributed by atoms with van der Waals surface area (Å²) >= 11 is 1.47. The van der Waals surface area contributed by atoms with Crippen molar-refractivity contribution in [2.45, 2.75) is 33.6 Å². The lowest BCUT2D eigenvalue weighted by molar-refractivity contribution is -0.121. The summed E-state index contributed by atoms with van der Waals surface area (Å²) in [6, 6.07) is 9.95. The average Bonchev–Trinajstić information content (AvgIpc) is 3.25. The first-order valence-electron chi connectivity index (χ1n) is 10.0. The second kappa shape index (κ2) is 9.24. The zero-order valence-electron chi connectivity index (χ0n) is 16.9. The lowest BCUT2D eigenvalue weighted by Crippen LogP contribution is -2.41. The second-order valence-electron chi connectivity index (χ2n) is 7.20. The van der Waals surface area contributed by atoms with Gasteiger partial charge in [0, 0.05) is 43.5 Å². The van der Waals surface area contributed by atoms with Gasteiger partial charge in [0.25, 0.3) is 5.91 Å². The molecule has 0 saturated carbocycles. The standard InChI is InChI=1S/C22H29N3O2S/c1-4-24(5-2)18-8-9-19(16(3)15-18)23-21(26)17-10-12-25(13-11-17)22(27)20-7-6-14-28-20/h6-9,14-15,17H,4-5,10-13H2,1-3H3,(H,23,26). The molecule has 0 bridgehead atoms. The minimum atomic E-state index is -0.0470. The van der Waals surface area contributed by atoms with Crippen LogP contribution in [0.3, 0.4) is 0 Å². The molecule has 1 aromatic carbocycles. The van der Waals surface area contributed by atoms with Gasteiger partial charge in [0.15, 0.2) is 0 Å². The molecule has 28 heavy (non-hydrogen) atoms. The Morgan fingerprint density at radius 1 is 1.18 bits per heavy atom. The third-order valence-electron chi connectivity index (χ3n) is 5.48. The number of likely N-dealkylation sites (tertiary alicyclic amines) is 1. The van der Waals surface area contributed by atoms with E-state index in [2.05, 4.69) is 36.2 Å². The van der Waals surface area contributed by atoms with E-state index in [9.17, 15) is 9.59 Å². The summed E-state index contributed by atoms with van der Waals surface area (Å²) in [6.07, 6.45) is 1.42. The van der Waals surface area contributed by atoms with Crippen molar-refractivity contribution in [3.8, 4) is 0 Å². The number of nitrogens with zero attached hydrogens (tertiary/aromatic N) is 2. The van der Waals surface area contributed by atoms with Crippen molar-refractivity contribution < 1.29 is 9.59 Å². The molecule has 2 aromatic rings. The molecule has 0 aliphatic carbocycles. The first kappa shape index (κ1) is 20.4. The number of aryl methyl sites for hydroxylation is 1. The first-order chi connectivity index (χ1) is 13.5. The van der Waals surface area contributed by atoms with Gasteiger partial charge in [-0.3, -0.25) is 9.59 Å². The van der Waals surface area contributed by atoms with Crippen molar-refractivity contribution in [2.75, 3.05) is 36.4 Å². The van der Waals surface area contributed by atoms with Gasteiger partial charge < -0.3 is 15.1 Å². The van der Waals surface area contributed by atoms with Gasteiger partial charge in [0.05, 0.1) is 4.88 Å². The number of rotatable bonds is 6. The van der Waals surface area contributed by atoms with Gasteiger partial charge in [-0.25, -0.2) is 0 Å². The van der Waals surface area contributed by atoms with Crippen LogP contribution in [-0.4, -0.2) is 42.9 Å². The smallest absolute Gasteiger partial charge is 0.263 e. The Morgan fingerprint density at radius 2 is 1.89 bits per heavy atom. The maximum absolute atomic E-state index is 12.7. The lowest BCUT2D eigenvalue weighted by Gasteiger charge is -2.31. The van der Waals surface area contributed by atoms with Crippen LogP contribution in [0.2, 0.25) is 0 Å². The molecule has 2 amide bonds. The molecule has 150 valence electrons. The van der Waals surface area contributed by atoms with Gasteiger partial charge in [0.1, 0.15) is 0 Å². The molecule has 1 aromatic heterocycles. The number of piperidine rings is 1. The van der Waals surface area contributed by atoms with Crippen LogP contribution in [-0.2, 0) is 4.79 Å². The predicted octanol–water partition coefficient (Wildman–Crippen LogP) is 4.39. The van der Waals surface area contributed by atoms with Crippen molar-refractivity contribution in [3.63, 3.8) is 0 Å². The Hall–Kier alpha value is -2.34. The SMILES string of the molecule is CCN(CC)c1ccc(NC(=O)C2CCN(C(=O)c3cccs3)CC2)c(C)c1. The fourth-order valence-corrected chi connectivity index (χ4v) is 4.40. The highest BCUT2D eigenvalue weighted by Gasteiger charge is 2.28. The summed E-state index contributed by atoms with van der Waals surface area (Å²) < 4.78 is 0. The second-order valence-corrected chi connectivity index (χ2v) is 8.15. The van der Waals surface area contributed by atoms with E-state index in [0.717, 1.165) is 29.2 Å². The molecule has 1 aliphatic heterocycles. The molecule has 1 fully saturated rings. The molecular weight excluding hydrogens is 370 g/mol. The molecule has 0 atom stereocenters. The fourth-order valence-electron chi connectivity index (χ4n) is 3.71. The largest absolute Gasteiger partial charge is 0.372 e. The van der Waals surface area contributed by atoms with Gasteiger partial charge in [-0.15, -0.1) is 11.3 Å². The number of hydrogen-bond donors (Lipinski definition) is 1. The lowest BCUT2D eigenvalue weighted by atomic mass is 9.95. The summed E-state index contributed by atoms with van der Waals surface area (Å²) in [5, 5.41) is 5.01. The molecule has 1 saturated heterocycles. The van der Waals surface area contributed by atoms with Crippen LogP contribution < -0.4 is 10.2 Å². The van der Waals surface area contributed by atoms with Gasteiger partial charge in [-0.1, -0.05) is 6.07 Å². The molecular formula is C22H29N3O2S. The molecule has 0 radical (unpaired) electrons. The van der Waals surface area contributed by atoms with Gasteiger partial charge >= 0.3 is 0 Å². The normalized spacial score (nSPS) is 14.8. The predicted molar refractivity (Wildman–Crippen MR) is 116 cm³/mol. The van der Waals surface area contributed by atoms with Crippen LogP contribution in [0, 0.1) is 12.8 Å². The summed E-state index contributed by atoms with van der Waals surface area (Å²) in [5.41, 5.74) is 3.13. The van der Waals surface area contributed by atoms with E-state index in [4.69, 9.17) is 0 Å². The van der Waals surface area contributed by atoms with E-state index >= 15 is 0 Å². The van der Waals surface area contributed by atoms with E-state index in [0.29, 0.717) is 25.9 Å². The minimum absolute atomic E-state index is 0.0470. The van der Waals surface area contributed by atoms with E-state index in [-0.39, 0.29) is 17.7 Å². The maximum Gasteiger partial charge on any atom is 0.263 e. The number of carbonyl (C=O) groups is 2. The molecule has 6 heteroatoms. The Balaban J connectivity index is 1.56. The van der Waals surface area contributed by atoms with Crippen LogP contribution in [0.1, 0.15) is 41.9 Å². The van der Waals surface area contributed by atoms with Crippen LogP contribution >= 0.6 is 11.3 Å². The third kappa shape index (κ3) is 4.55. The maximum atomic E-state index is 12.7. The third-order valence-corrected chi connectivity index (χ3v) is 6.34. The molecule has 2 heterocycles. The fraction of sp³-hybridized carbons (Fsp3) is 0.455. The summed E-state index contributed by atoms with van der Waals surface area (Å²) in [4.78, 5) is 30.1. The van der Waals surface area contributed by atoms with E-state index in [1.54, 1.807) is 0 Å². The zero-order chi connectivity index (χ0) is 20.1. The quantitative estimate of drug-likeness (QED) is 0.784. The highest BCUT2D eigenvalue weighted by Crippen LogP contribution is 2.26. The minimum Gasteiger partial charge on any atom is -0.372 e. The number of anilines is 2. The zero-order valence-corrected chi connectivity index (χ0v) is 17.7. The summed E-state index contributed by atoms with van der Waals surface area (Å²) in [7, 11) is 0. The van der Waals surface area contributed by atoms with E-state index < -0.39 is 0 Å². The van der Waals surface area contributed by atoms with Gasteiger partial charge in [-0.2, -0.15) is 0 Å². The molecule has 0 spiro atoms. The monoisotopic (exact) mass is 399 g/mol. The van der Waals surface area contributed by atoms with E-state index in [1.807, 2.05) is 35.4 Å². The van der Waals surface area contributed by atoms with Crippen LogP contribution in [0.15, 0.2) is 35.7 Å². The van der Waals surface area contributed by atoms with Crippen molar-refractivity contribution in [2.24, 2.45) is 5.92 Å².